The molecular formula is C17H15I3N2O3. The number of benzene rings is 2. The van der Waals surface area contributed by atoms with E-state index in [9.17, 15) is 9.59 Å². The van der Waals surface area contributed by atoms with E-state index >= 15 is 0 Å². The van der Waals surface area contributed by atoms with Crippen LogP contribution in [0.2, 0.25) is 0 Å². The van der Waals surface area contributed by atoms with Crippen LogP contribution < -0.4 is 10.6 Å². The van der Waals surface area contributed by atoms with Crippen molar-refractivity contribution in [2.75, 3.05) is 24.3 Å². The first-order valence-corrected chi connectivity index (χ1v) is 10.5. The Kier molecular flexibility index (Phi) is 7.73. The highest BCUT2D eigenvalue weighted by Crippen LogP contribution is 2.31. The molecule has 132 valence electrons. The van der Waals surface area contributed by atoms with Crippen LogP contribution in [0.5, 0.6) is 0 Å². The molecule has 0 fully saturated rings. The zero-order chi connectivity index (χ0) is 18.6. The quantitative estimate of drug-likeness (QED) is 0.292. The molecule has 0 bridgehead atoms. The van der Waals surface area contributed by atoms with Crippen molar-refractivity contribution in [2.45, 2.75) is 6.42 Å². The van der Waals surface area contributed by atoms with Crippen LogP contribution in [0.25, 0.3) is 0 Å². The lowest BCUT2D eigenvalue weighted by molar-refractivity contribution is -0.140. The van der Waals surface area contributed by atoms with Crippen LogP contribution in [0.3, 0.4) is 0 Å². The highest BCUT2D eigenvalue weighted by atomic mass is 127. The Morgan fingerprint density at radius 1 is 1.12 bits per heavy atom. The van der Waals surface area contributed by atoms with Gasteiger partial charge in [-0.1, -0.05) is 18.2 Å². The lowest BCUT2D eigenvalue weighted by atomic mass is 10.1. The Morgan fingerprint density at radius 3 is 2.36 bits per heavy atom. The third kappa shape index (κ3) is 4.96. The number of carbonyl (C=O) groups is 2. The summed E-state index contributed by atoms with van der Waals surface area (Å²) in [6, 6.07) is 11.1. The topological polar surface area (TPSA) is 72.6 Å². The number of amides is 1. The molecule has 25 heavy (non-hydrogen) atoms. The van der Waals surface area contributed by atoms with Gasteiger partial charge in [0.2, 0.25) is 0 Å². The van der Waals surface area contributed by atoms with Crippen LogP contribution in [0.1, 0.15) is 16.8 Å². The number of rotatable bonds is 5. The standard InChI is InChI=1S/C17H15I3N2O3/c1-25-13(23)7-8-22(10-5-3-2-4-6-10)17(24)14-11(18)9-12(19)16(21)15(14)20/h2-6,9H,7-8,21H2,1H3. The second-order valence-electron chi connectivity index (χ2n) is 5.06. The summed E-state index contributed by atoms with van der Waals surface area (Å²) in [5, 5.41) is 0. The molecule has 0 radical (unpaired) electrons. The lowest BCUT2D eigenvalue weighted by Gasteiger charge is -2.24. The van der Waals surface area contributed by atoms with Crippen LogP contribution in [-0.4, -0.2) is 25.5 Å². The second kappa shape index (κ2) is 9.35. The molecule has 0 saturated carbocycles. The number of para-hydroxylation sites is 1. The SMILES string of the molecule is COC(=O)CCN(C(=O)c1c(I)cc(I)c(N)c1I)c1ccccc1. The van der Waals surface area contributed by atoms with Crippen LogP contribution in [-0.2, 0) is 9.53 Å². The van der Waals surface area contributed by atoms with E-state index in [1.54, 1.807) is 4.90 Å². The summed E-state index contributed by atoms with van der Waals surface area (Å²) in [6.07, 6.45) is 0.115. The van der Waals surface area contributed by atoms with Crippen molar-refractivity contribution in [3.8, 4) is 0 Å². The zero-order valence-corrected chi connectivity index (χ0v) is 19.7. The molecule has 2 aromatic rings. The molecule has 0 atom stereocenters. The number of nitrogen functional groups attached to an aromatic ring is 1. The van der Waals surface area contributed by atoms with E-state index in [2.05, 4.69) is 67.8 Å². The number of esters is 1. The summed E-state index contributed by atoms with van der Waals surface area (Å²) in [6.45, 7) is 0.230. The van der Waals surface area contributed by atoms with Gasteiger partial charge in [0.15, 0.2) is 0 Å². The van der Waals surface area contributed by atoms with E-state index in [-0.39, 0.29) is 24.8 Å². The highest BCUT2D eigenvalue weighted by molar-refractivity contribution is 14.1. The zero-order valence-electron chi connectivity index (χ0n) is 13.3. The van der Waals surface area contributed by atoms with E-state index < -0.39 is 0 Å². The number of ether oxygens (including phenoxy) is 1. The number of nitrogens with two attached hydrogens (primary N) is 1. The first-order valence-electron chi connectivity index (χ1n) is 7.23. The maximum absolute atomic E-state index is 13.3. The minimum atomic E-state index is -0.361. The first kappa shape index (κ1) is 20.7. The van der Waals surface area contributed by atoms with Gasteiger partial charge in [0.05, 0.1) is 28.4 Å². The molecule has 2 aromatic carbocycles. The fourth-order valence-electron chi connectivity index (χ4n) is 2.20. The Bertz CT molecular complexity index is 797. The maximum atomic E-state index is 13.3. The lowest BCUT2D eigenvalue weighted by Crippen LogP contribution is -2.34. The third-order valence-electron chi connectivity index (χ3n) is 3.50. The monoisotopic (exact) mass is 676 g/mol. The van der Waals surface area contributed by atoms with Gasteiger partial charge in [0.1, 0.15) is 0 Å². The molecule has 0 saturated heterocycles. The van der Waals surface area contributed by atoms with E-state index in [0.29, 0.717) is 11.3 Å². The van der Waals surface area contributed by atoms with Crippen LogP contribution >= 0.6 is 67.8 Å². The van der Waals surface area contributed by atoms with Crippen molar-refractivity contribution < 1.29 is 14.3 Å². The minimum Gasteiger partial charge on any atom is -0.469 e. The average molecular weight is 676 g/mol. The molecule has 0 spiro atoms. The van der Waals surface area contributed by atoms with Crippen molar-refractivity contribution in [2.24, 2.45) is 0 Å². The van der Waals surface area contributed by atoms with Crippen molar-refractivity contribution in [3.63, 3.8) is 0 Å². The number of nitrogens with zero attached hydrogens (tertiary/aromatic N) is 1. The maximum Gasteiger partial charge on any atom is 0.307 e. The Balaban J connectivity index is 2.46. The molecule has 0 aromatic heterocycles. The van der Waals surface area contributed by atoms with E-state index in [4.69, 9.17) is 10.5 Å². The van der Waals surface area contributed by atoms with E-state index in [0.717, 1.165) is 16.4 Å². The largest absolute Gasteiger partial charge is 0.469 e. The normalized spacial score (nSPS) is 10.4. The summed E-state index contributed by atoms with van der Waals surface area (Å²) in [5.74, 6) is -0.549. The Hall–Kier alpha value is -0.630. The number of hydrogen-bond donors (Lipinski definition) is 1. The van der Waals surface area contributed by atoms with Gasteiger partial charge in [-0.25, -0.2) is 0 Å². The molecule has 5 nitrogen and oxygen atoms in total. The van der Waals surface area contributed by atoms with Gasteiger partial charge in [-0.05, 0) is 86.0 Å². The molecule has 2 rings (SSSR count). The minimum absolute atomic E-state index is 0.115. The predicted molar refractivity (Wildman–Crippen MR) is 124 cm³/mol. The highest BCUT2D eigenvalue weighted by Gasteiger charge is 2.25. The summed E-state index contributed by atoms with van der Waals surface area (Å²) >= 11 is 6.39. The predicted octanol–water partition coefficient (Wildman–Crippen LogP) is 4.29. The molecule has 2 N–H and O–H groups in total. The van der Waals surface area contributed by atoms with Crippen molar-refractivity contribution in [3.05, 3.63) is 52.7 Å². The van der Waals surface area contributed by atoms with Gasteiger partial charge >= 0.3 is 5.97 Å². The molecule has 0 aliphatic carbocycles. The molecule has 0 aliphatic heterocycles. The van der Waals surface area contributed by atoms with Gasteiger partial charge in [-0.15, -0.1) is 0 Å². The molecular weight excluding hydrogens is 661 g/mol. The Morgan fingerprint density at radius 2 is 1.76 bits per heavy atom. The van der Waals surface area contributed by atoms with Crippen molar-refractivity contribution in [1.29, 1.82) is 0 Å². The summed E-state index contributed by atoms with van der Waals surface area (Å²) in [4.78, 5) is 26.4. The van der Waals surface area contributed by atoms with E-state index in [1.807, 2.05) is 36.4 Å². The second-order valence-corrected chi connectivity index (χ2v) is 8.46. The Labute approximate surface area is 187 Å². The van der Waals surface area contributed by atoms with Crippen LogP contribution in [0.4, 0.5) is 11.4 Å². The van der Waals surface area contributed by atoms with E-state index in [1.165, 1.54) is 7.11 Å². The smallest absolute Gasteiger partial charge is 0.307 e. The first-order chi connectivity index (χ1) is 11.9. The fraction of sp³-hybridized carbons (Fsp3) is 0.176. The van der Waals surface area contributed by atoms with Gasteiger partial charge < -0.3 is 15.4 Å². The van der Waals surface area contributed by atoms with Crippen LogP contribution in [0, 0.1) is 10.7 Å². The number of carbonyl (C=O) groups excluding carboxylic acids is 2. The van der Waals surface area contributed by atoms with Gasteiger partial charge in [0, 0.05) is 19.4 Å². The number of anilines is 2. The number of hydrogen-bond acceptors (Lipinski definition) is 4. The number of methoxy groups -OCH3 is 1. The summed E-state index contributed by atoms with van der Waals surface area (Å²) in [5.41, 5.74) is 7.97. The molecule has 1 amide bonds. The van der Waals surface area contributed by atoms with Gasteiger partial charge in [-0.2, -0.15) is 0 Å². The molecule has 0 heterocycles. The summed E-state index contributed by atoms with van der Waals surface area (Å²) < 4.78 is 7.15. The van der Waals surface area contributed by atoms with Gasteiger partial charge in [-0.3, -0.25) is 9.59 Å². The molecule has 0 unspecified atom stereocenters. The fourth-order valence-corrected chi connectivity index (χ4v) is 6.03. The summed E-state index contributed by atoms with van der Waals surface area (Å²) in [7, 11) is 1.34. The average Bonchev–Trinajstić information content (AvgIpc) is 2.60. The van der Waals surface area contributed by atoms with Gasteiger partial charge in [0.25, 0.3) is 5.91 Å². The van der Waals surface area contributed by atoms with Crippen molar-refractivity contribution >= 4 is 91.0 Å². The molecule has 0 aliphatic rings. The molecule has 8 heteroatoms. The van der Waals surface area contributed by atoms with Crippen molar-refractivity contribution in [1.82, 2.24) is 0 Å². The number of halogens is 3. The van der Waals surface area contributed by atoms with Crippen LogP contribution in [0.15, 0.2) is 36.4 Å². The third-order valence-corrected chi connectivity index (χ3v) is 6.36.